The van der Waals surface area contributed by atoms with E-state index in [2.05, 4.69) is 22.8 Å². The first-order chi connectivity index (χ1) is 15.2. The van der Waals surface area contributed by atoms with Crippen molar-refractivity contribution in [2.24, 2.45) is 0 Å². The number of amides is 1. The molecule has 4 rings (SSSR count). The summed E-state index contributed by atoms with van der Waals surface area (Å²) in [6.07, 6.45) is 12.7. The molecule has 0 bridgehead atoms. The van der Waals surface area contributed by atoms with Crippen molar-refractivity contribution in [2.45, 2.75) is 18.9 Å². The molecule has 6 nitrogen and oxygen atoms in total. The number of rotatable bonds is 7. The fourth-order valence-corrected chi connectivity index (χ4v) is 3.46. The van der Waals surface area contributed by atoms with Crippen LogP contribution in [0.1, 0.15) is 23.2 Å². The monoisotopic (exact) mass is 416 g/mol. The highest BCUT2D eigenvalue weighted by atomic mass is 16.5. The first kappa shape index (κ1) is 20.3. The Bertz CT molecular complexity index is 1050. The Kier molecular flexibility index (Phi) is 6.38. The smallest absolute Gasteiger partial charge is 0.255 e. The second-order valence-corrected chi connectivity index (χ2v) is 7.07. The Morgan fingerprint density at radius 2 is 2.00 bits per heavy atom. The molecule has 158 valence electrons. The van der Waals surface area contributed by atoms with Gasteiger partial charge in [0.2, 0.25) is 0 Å². The molecule has 6 heteroatoms. The summed E-state index contributed by atoms with van der Waals surface area (Å²) in [5.74, 6) is 1.12. The van der Waals surface area contributed by atoms with Gasteiger partial charge in [0.1, 0.15) is 30.6 Å². The molecule has 0 spiro atoms. The minimum Gasteiger partial charge on any atom is -0.495 e. The number of carbonyl (C=O) groups excluding carboxylic acids is 1. The van der Waals surface area contributed by atoms with Gasteiger partial charge in [-0.15, -0.1) is 0 Å². The number of anilines is 2. The van der Waals surface area contributed by atoms with Crippen LogP contribution in [0.15, 0.2) is 96.9 Å². The molecule has 2 aliphatic rings. The van der Waals surface area contributed by atoms with Crippen LogP contribution in [0.2, 0.25) is 0 Å². The maximum absolute atomic E-state index is 12.6. The quantitative estimate of drug-likeness (QED) is 0.636. The third-order valence-electron chi connectivity index (χ3n) is 5.02. The van der Waals surface area contributed by atoms with Gasteiger partial charge in [-0.25, -0.2) is 0 Å². The van der Waals surface area contributed by atoms with Gasteiger partial charge < -0.3 is 24.8 Å². The summed E-state index contributed by atoms with van der Waals surface area (Å²) in [5.41, 5.74) is 3.14. The summed E-state index contributed by atoms with van der Waals surface area (Å²) < 4.78 is 16.6. The molecule has 1 heterocycles. The molecular formula is C25H24N2O4. The first-order valence-electron chi connectivity index (χ1n) is 10.1. The fraction of sp³-hybridized carbons (Fsp3) is 0.160. The largest absolute Gasteiger partial charge is 0.495 e. The SMILES string of the molecule is COc1ccc(NC(=O)c2ccccc2)cc1NC(C1=CC=CCC1)C1=COC=CO1. The lowest BCUT2D eigenvalue weighted by Crippen LogP contribution is -2.27. The van der Waals surface area contributed by atoms with Crippen LogP contribution >= 0.6 is 0 Å². The number of nitrogens with one attached hydrogen (secondary N) is 2. The number of allylic oxidation sites excluding steroid dienone is 3. The zero-order valence-corrected chi connectivity index (χ0v) is 17.2. The highest BCUT2D eigenvalue weighted by molar-refractivity contribution is 6.04. The van der Waals surface area contributed by atoms with Crippen LogP contribution in [-0.4, -0.2) is 19.1 Å². The van der Waals surface area contributed by atoms with Crippen molar-refractivity contribution in [1.29, 1.82) is 0 Å². The summed E-state index contributed by atoms with van der Waals surface area (Å²) in [7, 11) is 1.61. The van der Waals surface area contributed by atoms with E-state index in [9.17, 15) is 4.79 Å². The molecule has 1 aliphatic heterocycles. The molecular weight excluding hydrogens is 392 g/mol. The van der Waals surface area contributed by atoms with Crippen molar-refractivity contribution in [3.05, 3.63) is 102 Å². The van der Waals surface area contributed by atoms with E-state index >= 15 is 0 Å². The van der Waals surface area contributed by atoms with Crippen LogP contribution < -0.4 is 15.4 Å². The predicted molar refractivity (Wildman–Crippen MR) is 121 cm³/mol. The maximum Gasteiger partial charge on any atom is 0.255 e. The lowest BCUT2D eigenvalue weighted by molar-refractivity contribution is 0.102. The fourth-order valence-electron chi connectivity index (χ4n) is 3.46. The summed E-state index contributed by atoms with van der Waals surface area (Å²) in [6.45, 7) is 0. The van der Waals surface area contributed by atoms with E-state index in [4.69, 9.17) is 14.2 Å². The molecule has 2 N–H and O–H groups in total. The molecule has 0 aromatic heterocycles. The minimum absolute atomic E-state index is 0.176. The molecule has 0 fully saturated rings. The molecule has 1 unspecified atom stereocenters. The van der Waals surface area contributed by atoms with Crippen LogP contribution in [0, 0.1) is 0 Å². The van der Waals surface area contributed by atoms with Crippen molar-refractivity contribution >= 4 is 17.3 Å². The molecule has 0 saturated heterocycles. The topological polar surface area (TPSA) is 68.8 Å². The van der Waals surface area contributed by atoms with Crippen molar-refractivity contribution in [2.75, 3.05) is 17.7 Å². The molecule has 0 saturated carbocycles. The van der Waals surface area contributed by atoms with Crippen molar-refractivity contribution in [1.82, 2.24) is 0 Å². The van der Waals surface area contributed by atoms with Crippen LogP contribution in [0.25, 0.3) is 0 Å². The summed E-state index contributed by atoms with van der Waals surface area (Å²) in [4.78, 5) is 12.6. The van der Waals surface area contributed by atoms with Crippen LogP contribution in [0.5, 0.6) is 5.75 Å². The Hall–Kier alpha value is -3.93. The lowest BCUT2D eigenvalue weighted by atomic mass is 9.96. The lowest BCUT2D eigenvalue weighted by Gasteiger charge is -2.27. The zero-order chi connectivity index (χ0) is 21.5. The average molecular weight is 416 g/mol. The number of methoxy groups -OCH3 is 1. The molecule has 1 aliphatic carbocycles. The van der Waals surface area contributed by atoms with Crippen LogP contribution in [-0.2, 0) is 9.47 Å². The zero-order valence-electron chi connectivity index (χ0n) is 17.2. The summed E-state index contributed by atoms with van der Waals surface area (Å²) >= 11 is 0. The van der Waals surface area contributed by atoms with Crippen molar-refractivity contribution < 1.29 is 19.0 Å². The minimum atomic E-state index is -0.246. The van der Waals surface area contributed by atoms with Crippen molar-refractivity contribution in [3.8, 4) is 5.75 Å². The molecule has 1 amide bonds. The van der Waals surface area contributed by atoms with E-state index in [0.29, 0.717) is 22.8 Å². The Morgan fingerprint density at radius 1 is 1.13 bits per heavy atom. The molecule has 2 aromatic rings. The van der Waals surface area contributed by atoms with Crippen LogP contribution in [0.4, 0.5) is 11.4 Å². The highest BCUT2D eigenvalue weighted by Crippen LogP contribution is 2.33. The number of hydrogen-bond donors (Lipinski definition) is 2. The van der Waals surface area contributed by atoms with Gasteiger partial charge in [-0.3, -0.25) is 4.79 Å². The van der Waals surface area contributed by atoms with E-state index < -0.39 is 0 Å². The third kappa shape index (κ3) is 4.98. The average Bonchev–Trinajstić information content (AvgIpc) is 2.84. The van der Waals surface area contributed by atoms with Crippen molar-refractivity contribution in [3.63, 3.8) is 0 Å². The second kappa shape index (κ2) is 9.71. The first-order valence-corrected chi connectivity index (χ1v) is 10.1. The number of hydrogen-bond acceptors (Lipinski definition) is 5. The Morgan fingerprint density at radius 3 is 2.71 bits per heavy atom. The normalized spacial score (nSPS) is 15.6. The highest BCUT2D eigenvalue weighted by Gasteiger charge is 2.24. The molecule has 2 aromatic carbocycles. The van der Waals surface area contributed by atoms with E-state index in [1.54, 1.807) is 25.5 Å². The maximum atomic E-state index is 12.6. The summed E-state index contributed by atoms with van der Waals surface area (Å²) in [6, 6.07) is 14.3. The predicted octanol–water partition coefficient (Wildman–Crippen LogP) is 5.36. The third-order valence-corrected chi connectivity index (χ3v) is 5.02. The van der Waals surface area contributed by atoms with Gasteiger partial charge in [-0.1, -0.05) is 36.4 Å². The van der Waals surface area contributed by atoms with Gasteiger partial charge in [0.15, 0.2) is 5.76 Å². The van der Waals surface area contributed by atoms with Gasteiger partial charge in [-0.05, 0) is 48.7 Å². The molecule has 1 atom stereocenters. The van der Waals surface area contributed by atoms with Gasteiger partial charge in [0, 0.05) is 11.3 Å². The Balaban J connectivity index is 1.61. The standard InChI is InChI=1S/C25H24N2O4/c1-29-22-13-12-20(26-25(28)19-10-6-3-7-11-19)16-21(22)27-24(18-8-4-2-5-9-18)23-17-30-14-15-31-23/h2-4,6-8,10-17,24,27H,5,9H2,1H3,(H,26,28). The van der Waals surface area contributed by atoms with Crippen LogP contribution in [0.3, 0.4) is 0 Å². The second-order valence-electron chi connectivity index (χ2n) is 7.07. The number of benzene rings is 2. The van der Waals surface area contributed by atoms with Gasteiger partial charge in [-0.2, -0.15) is 0 Å². The van der Waals surface area contributed by atoms with E-state index in [1.165, 1.54) is 12.5 Å². The molecule has 0 radical (unpaired) electrons. The number of ether oxygens (including phenoxy) is 3. The van der Waals surface area contributed by atoms with E-state index in [-0.39, 0.29) is 11.9 Å². The van der Waals surface area contributed by atoms with E-state index in [0.717, 1.165) is 24.1 Å². The van der Waals surface area contributed by atoms with E-state index in [1.807, 2.05) is 42.5 Å². The summed E-state index contributed by atoms with van der Waals surface area (Å²) in [5, 5.41) is 6.45. The van der Waals surface area contributed by atoms with Gasteiger partial charge in [0.05, 0.1) is 12.8 Å². The molecule has 31 heavy (non-hydrogen) atoms. The Labute approximate surface area is 181 Å². The van der Waals surface area contributed by atoms with Gasteiger partial charge in [0.25, 0.3) is 5.91 Å². The van der Waals surface area contributed by atoms with Gasteiger partial charge >= 0.3 is 0 Å². The number of carbonyl (C=O) groups is 1.